The van der Waals surface area contributed by atoms with Crippen molar-refractivity contribution in [3.63, 3.8) is 0 Å². The van der Waals surface area contributed by atoms with Crippen LogP contribution in [0.15, 0.2) is 18.3 Å². The predicted octanol–water partition coefficient (Wildman–Crippen LogP) is 2.98. The van der Waals surface area contributed by atoms with Gasteiger partial charge in [-0.25, -0.2) is 4.79 Å². The Morgan fingerprint density at radius 1 is 1.37 bits per heavy atom. The summed E-state index contributed by atoms with van der Waals surface area (Å²) in [5, 5.41) is 2.96. The number of carbonyl (C=O) groups is 2. The van der Waals surface area contributed by atoms with Gasteiger partial charge < -0.3 is 19.4 Å². The summed E-state index contributed by atoms with van der Waals surface area (Å²) in [6, 6.07) is 3.82. The van der Waals surface area contributed by atoms with Gasteiger partial charge in [0, 0.05) is 23.5 Å². The third-order valence-corrected chi connectivity index (χ3v) is 4.53. The zero-order valence-corrected chi connectivity index (χ0v) is 16.4. The van der Waals surface area contributed by atoms with Crippen LogP contribution in [0.1, 0.15) is 45.4 Å². The summed E-state index contributed by atoms with van der Waals surface area (Å²) >= 11 is 0. The smallest absolute Gasteiger partial charge is 0.407 e. The van der Waals surface area contributed by atoms with Crippen molar-refractivity contribution in [2.75, 3.05) is 6.61 Å². The SMILES string of the molecule is CCOC(=O)Cn1c2c(c3ncccc31)CC(NC(=O)OC(C)(C)C)CC2. The first-order chi connectivity index (χ1) is 12.8. The normalized spacial score (nSPS) is 16.7. The van der Waals surface area contributed by atoms with Crippen LogP contribution in [0.5, 0.6) is 0 Å². The highest BCUT2D eigenvalue weighted by molar-refractivity contribution is 5.84. The van der Waals surface area contributed by atoms with Crippen LogP contribution >= 0.6 is 0 Å². The fourth-order valence-corrected chi connectivity index (χ4v) is 3.57. The molecule has 2 heterocycles. The maximum absolute atomic E-state index is 12.1. The quantitative estimate of drug-likeness (QED) is 0.833. The molecule has 7 nitrogen and oxygen atoms in total. The number of rotatable bonds is 4. The molecule has 0 aliphatic heterocycles. The Labute approximate surface area is 159 Å². The number of hydrogen-bond donors (Lipinski definition) is 1. The molecule has 146 valence electrons. The predicted molar refractivity (Wildman–Crippen MR) is 102 cm³/mol. The van der Waals surface area contributed by atoms with Crippen LogP contribution in [0, 0.1) is 0 Å². The summed E-state index contributed by atoms with van der Waals surface area (Å²) in [4.78, 5) is 28.7. The first-order valence-electron chi connectivity index (χ1n) is 9.38. The van der Waals surface area contributed by atoms with E-state index in [1.165, 1.54) is 0 Å². The zero-order chi connectivity index (χ0) is 19.6. The van der Waals surface area contributed by atoms with Gasteiger partial charge in [0.1, 0.15) is 12.1 Å². The van der Waals surface area contributed by atoms with E-state index in [0.717, 1.165) is 35.1 Å². The Morgan fingerprint density at radius 3 is 2.85 bits per heavy atom. The zero-order valence-electron chi connectivity index (χ0n) is 16.4. The molecule has 0 saturated heterocycles. The van der Waals surface area contributed by atoms with E-state index in [-0.39, 0.29) is 18.6 Å². The highest BCUT2D eigenvalue weighted by Crippen LogP contribution is 2.31. The molecule has 1 aliphatic carbocycles. The third kappa shape index (κ3) is 4.40. The molecule has 0 bridgehead atoms. The molecular formula is C20H27N3O4. The standard InChI is InChI=1S/C20H27N3O4/c1-5-26-17(24)12-23-15-9-8-13(22-19(25)27-20(2,3)4)11-14(15)18-16(23)7-6-10-21-18/h6-7,10,13H,5,8-9,11-12H2,1-4H3,(H,22,25). The van der Waals surface area contributed by atoms with Crippen LogP contribution in [0.25, 0.3) is 11.0 Å². The van der Waals surface area contributed by atoms with Crippen molar-refractivity contribution in [1.29, 1.82) is 0 Å². The second-order valence-electron chi connectivity index (χ2n) is 7.77. The number of aromatic nitrogens is 2. The molecular weight excluding hydrogens is 346 g/mol. The van der Waals surface area contributed by atoms with Gasteiger partial charge in [-0.2, -0.15) is 0 Å². The highest BCUT2D eigenvalue weighted by Gasteiger charge is 2.29. The van der Waals surface area contributed by atoms with E-state index in [1.807, 2.05) is 37.5 Å². The molecule has 1 N–H and O–H groups in total. The lowest BCUT2D eigenvalue weighted by Crippen LogP contribution is -2.42. The van der Waals surface area contributed by atoms with Gasteiger partial charge in [0.15, 0.2) is 0 Å². The van der Waals surface area contributed by atoms with Gasteiger partial charge in [0.25, 0.3) is 0 Å². The minimum absolute atomic E-state index is 0.0176. The summed E-state index contributed by atoms with van der Waals surface area (Å²) in [6.45, 7) is 7.88. The Bertz CT molecular complexity index is 851. The van der Waals surface area contributed by atoms with E-state index in [0.29, 0.717) is 13.0 Å². The Hall–Kier alpha value is -2.57. The van der Waals surface area contributed by atoms with Crippen molar-refractivity contribution in [3.05, 3.63) is 29.6 Å². The molecule has 2 aromatic rings. The largest absolute Gasteiger partial charge is 0.465 e. The molecule has 2 aromatic heterocycles. The molecule has 0 aromatic carbocycles. The number of hydrogen-bond acceptors (Lipinski definition) is 5. The molecule has 0 radical (unpaired) electrons. The van der Waals surface area contributed by atoms with Crippen molar-refractivity contribution in [1.82, 2.24) is 14.9 Å². The number of ether oxygens (including phenoxy) is 2. The number of amides is 1. The van der Waals surface area contributed by atoms with E-state index in [4.69, 9.17) is 9.47 Å². The van der Waals surface area contributed by atoms with Crippen LogP contribution < -0.4 is 5.32 Å². The molecule has 1 atom stereocenters. The lowest BCUT2D eigenvalue weighted by atomic mass is 9.92. The fraction of sp³-hybridized carbons (Fsp3) is 0.550. The van der Waals surface area contributed by atoms with Crippen molar-refractivity contribution in [2.45, 2.75) is 65.1 Å². The highest BCUT2D eigenvalue weighted by atomic mass is 16.6. The van der Waals surface area contributed by atoms with Crippen LogP contribution in [0.3, 0.4) is 0 Å². The van der Waals surface area contributed by atoms with Crippen molar-refractivity contribution in [3.8, 4) is 0 Å². The average molecular weight is 373 g/mol. The van der Waals surface area contributed by atoms with E-state index in [9.17, 15) is 9.59 Å². The third-order valence-electron chi connectivity index (χ3n) is 4.53. The van der Waals surface area contributed by atoms with E-state index in [1.54, 1.807) is 13.1 Å². The van der Waals surface area contributed by atoms with Crippen molar-refractivity contribution < 1.29 is 19.1 Å². The van der Waals surface area contributed by atoms with E-state index >= 15 is 0 Å². The minimum atomic E-state index is -0.527. The van der Waals surface area contributed by atoms with Crippen molar-refractivity contribution in [2.24, 2.45) is 0 Å². The number of nitrogens with zero attached hydrogens (tertiary/aromatic N) is 2. The van der Waals surface area contributed by atoms with Crippen molar-refractivity contribution >= 4 is 23.1 Å². The molecule has 3 rings (SSSR count). The Morgan fingerprint density at radius 2 is 2.15 bits per heavy atom. The number of esters is 1. The molecule has 7 heteroatoms. The average Bonchev–Trinajstić information content (AvgIpc) is 2.87. The van der Waals surface area contributed by atoms with Gasteiger partial charge in [-0.1, -0.05) is 0 Å². The van der Waals surface area contributed by atoms with Gasteiger partial charge in [-0.3, -0.25) is 9.78 Å². The number of carbonyl (C=O) groups excluding carboxylic acids is 2. The topological polar surface area (TPSA) is 82.5 Å². The second kappa shape index (κ2) is 7.58. The van der Waals surface area contributed by atoms with Gasteiger partial charge in [0.2, 0.25) is 0 Å². The molecule has 1 unspecified atom stereocenters. The summed E-state index contributed by atoms with van der Waals surface area (Å²) < 4.78 is 12.5. The minimum Gasteiger partial charge on any atom is -0.465 e. The molecule has 1 amide bonds. The molecule has 0 saturated carbocycles. The monoisotopic (exact) mass is 373 g/mol. The summed E-state index contributed by atoms with van der Waals surface area (Å²) in [7, 11) is 0. The lowest BCUT2D eigenvalue weighted by molar-refractivity contribution is -0.143. The maximum atomic E-state index is 12.1. The Balaban J connectivity index is 1.84. The summed E-state index contributed by atoms with van der Waals surface area (Å²) in [5.74, 6) is -0.255. The van der Waals surface area contributed by atoms with E-state index in [2.05, 4.69) is 10.3 Å². The molecule has 0 fully saturated rings. The molecule has 27 heavy (non-hydrogen) atoms. The number of fused-ring (bicyclic) bond motifs is 3. The van der Waals surface area contributed by atoms with E-state index < -0.39 is 11.7 Å². The van der Waals surface area contributed by atoms with Crippen LogP contribution in [-0.2, 0) is 33.7 Å². The summed E-state index contributed by atoms with van der Waals surface area (Å²) in [5.41, 5.74) is 3.46. The number of nitrogens with one attached hydrogen (secondary N) is 1. The fourth-order valence-electron chi connectivity index (χ4n) is 3.57. The van der Waals surface area contributed by atoms with Crippen LogP contribution in [-0.4, -0.2) is 39.9 Å². The Kier molecular flexibility index (Phi) is 5.39. The van der Waals surface area contributed by atoms with Gasteiger partial charge in [-0.15, -0.1) is 0 Å². The molecule has 1 aliphatic rings. The maximum Gasteiger partial charge on any atom is 0.407 e. The van der Waals surface area contributed by atoms with Gasteiger partial charge in [0.05, 0.1) is 17.6 Å². The van der Waals surface area contributed by atoms with Crippen LogP contribution in [0.4, 0.5) is 4.79 Å². The van der Waals surface area contributed by atoms with Gasteiger partial charge >= 0.3 is 12.1 Å². The molecule has 0 spiro atoms. The summed E-state index contributed by atoms with van der Waals surface area (Å²) in [6.07, 6.45) is 3.55. The number of pyridine rings is 1. The first-order valence-corrected chi connectivity index (χ1v) is 9.38. The number of alkyl carbamates (subject to hydrolysis) is 1. The second-order valence-corrected chi connectivity index (χ2v) is 7.77. The van der Waals surface area contributed by atoms with Gasteiger partial charge in [-0.05, 0) is 59.1 Å². The first kappa shape index (κ1) is 19.2. The van der Waals surface area contributed by atoms with Crippen LogP contribution in [0.2, 0.25) is 0 Å². The lowest BCUT2D eigenvalue weighted by Gasteiger charge is -2.26.